The van der Waals surface area contributed by atoms with Crippen LogP contribution in [0.3, 0.4) is 0 Å². The maximum atomic E-state index is 8.73. The number of unbranched alkanes of at least 4 members (excludes halogenated alkanes) is 1. The average molecular weight is 252 g/mol. The highest BCUT2D eigenvalue weighted by atomic mass is 16.5. The van der Waals surface area contributed by atoms with E-state index in [4.69, 9.17) is 15.6 Å². The Morgan fingerprint density at radius 2 is 2.22 bits per heavy atom. The van der Waals surface area contributed by atoms with Crippen molar-refractivity contribution >= 4 is 0 Å². The fraction of sp³-hybridized carbons (Fsp3) is 0.571. The van der Waals surface area contributed by atoms with Gasteiger partial charge in [0.1, 0.15) is 5.75 Å². The van der Waals surface area contributed by atoms with E-state index in [0.717, 1.165) is 30.7 Å². The number of ether oxygens (including phenoxy) is 1. The number of hydrogen-bond acceptors (Lipinski definition) is 4. The van der Waals surface area contributed by atoms with Crippen molar-refractivity contribution in [2.75, 3.05) is 26.3 Å². The third-order valence-electron chi connectivity index (χ3n) is 2.78. The van der Waals surface area contributed by atoms with E-state index in [9.17, 15) is 0 Å². The fourth-order valence-corrected chi connectivity index (χ4v) is 1.84. The molecular weight excluding hydrogens is 228 g/mol. The van der Waals surface area contributed by atoms with Crippen LogP contribution < -0.4 is 15.8 Å². The van der Waals surface area contributed by atoms with Crippen molar-refractivity contribution in [1.29, 1.82) is 0 Å². The molecule has 1 atom stereocenters. The van der Waals surface area contributed by atoms with Gasteiger partial charge in [0, 0.05) is 19.2 Å². The summed E-state index contributed by atoms with van der Waals surface area (Å²) in [4.78, 5) is 0. The quantitative estimate of drug-likeness (QED) is 0.582. The summed E-state index contributed by atoms with van der Waals surface area (Å²) in [6.07, 6.45) is 1.78. The van der Waals surface area contributed by atoms with Gasteiger partial charge in [-0.2, -0.15) is 0 Å². The topological polar surface area (TPSA) is 67.5 Å². The first-order valence-electron chi connectivity index (χ1n) is 6.58. The van der Waals surface area contributed by atoms with Crippen molar-refractivity contribution in [3.8, 4) is 5.75 Å². The maximum absolute atomic E-state index is 8.73. The second-order valence-corrected chi connectivity index (χ2v) is 4.18. The number of nitrogens with two attached hydrogens (primary N) is 1. The third kappa shape index (κ3) is 5.04. The molecule has 0 aliphatic rings. The van der Waals surface area contributed by atoms with Gasteiger partial charge in [-0.1, -0.05) is 12.1 Å². The van der Waals surface area contributed by atoms with E-state index in [0.29, 0.717) is 13.2 Å². The summed E-state index contributed by atoms with van der Waals surface area (Å²) in [6, 6.07) is 8.16. The molecule has 4 nitrogen and oxygen atoms in total. The Balaban J connectivity index is 2.54. The van der Waals surface area contributed by atoms with E-state index in [1.54, 1.807) is 0 Å². The average Bonchev–Trinajstić information content (AvgIpc) is 2.40. The Labute approximate surface area is 109 Å². The van der Waals surface area contributed by atoms with Crippen LogP contribution in [0.2, 0.25) is 0 Å². The Kier molecular flexibility index (Phi) is 7.41. The third-order valence-corrected chi connectivity index (χ3v) is 2.78. The molecule has 0 aliphatic heterocycles. The standard InChI is InChI=1S/C14H24N2O2/c1-2-18-13-7-5-6-12(10-13)14(11-15)16-8-3-4-9-17/h5-7,10,14,16-17H,2-4,8-9,11,15H2,1H3. The molecule has 1 aromatic carbocycles. The highest BCUT2D eigenvalue weighted by molar-refractivity contribution is 5.30. The van der Waals surface area contributed by atoms with Gasteiger partial charge in [0.25, 0.3) is 0 Å². The normalized spacial score (nSPS) is 12.4. The zero-order chi connectivity index (χ0) is 13.2. The van der Waals surface area contributed by atoms with E-state index in [1.807, 2.05) is 25.1 Å². The van der Waals surface area contributed by atoms with Crippen LogP contribution in [0.1, 0.15) is 31.4 Å². The molecule has 102 valence electrons. The minimum Gasteiger partial charge on any atom is -0.494 e. The summed E-state index contributed by atoms with van der Waals surface area (Å²) in [5.41, 5.74) is 6.94. The minimum absolute atomic E-state index is 0.143. The van der Waals surface area contributed by atoms with Crippen molar-refractivity contribution in [2.45, 2.75) is 25.8 Å². The molecule has 0 fully saturated rings. The van der Waals surface area contributed by atoms with Crippen molar-refractivity contribution in [3.05, 3.63) is 29.8 Å². The lowest BCUT2D eigenvalue weighted by Gasteiger charge is -2.18. The molecule has 0 aromatic heterocycles. The molecule has 0 heterocycles. The lowest BCUT2D eigenvalue weighted by molar-refractivity contribution is 0.282. The summed E-state index contributed by atoms with van der Waals surface area (Å²) in [5.74, 6) is 0.880. The van der Waals surface area contributed by atoms with E-state index in [2.05, 4.69) is 11.4 Å². The second kappa shape index (κ2) is 8.91. The van der Waals surface area contributed by atoms with Gasteiger partial charge in [-0.15, -0.1) is 0 Å². The summed E-state index contributed by atoms with van der Waals surface area (Å²) < 4.78 is 5.48. The minimum atomic E-state index is 0.143. The zero-order valence-corrected chi connectivity index (χ0v) is 11.1. The predicted molar refractivity (Wildman–Crippen MR) is 73.7 cm³/mol. The van der Waals surface area contributed by atoms with Gasteiger partial charge < -0.3 is 20.9 Å². The number of benzene rings is 1. The molecule has 0 radical (unpaired) electrons. The molecule has 1 unspecified atom stereocenters. The first-order valence-corrected chi connectivity index (χ1v) is 6.58. The number of hydrogen-bond donors (Lipinski definition) is 3. The van der Waals surface area contributed by atoms with Gasteiger partial charge in [-0.05, 0) is 44.0 Å². The highest BCUT2D eigenvalue weighted by Crippen LogP contribution is 2.18. The van der Waals surface area contributed by atoms with E-state index < -0.39 is 0 Å². The van der Waals surface area contributed by atoms with E-state index in [-0.39, 0.29) is 12.6 Å². The molecule has 0 amide bonds. The lowest BCUT2D eigenvalue weighted by atomic mass is 10.1. The van der Waals surface area contributed by atoms with Crippen molar-refractivity contribution in [3.63, 3.8) is 0 Å². The van der Waals surface area contributed by atoms with Crippen LogP contribution in [0.15, 0.2) is 24.3 Å². The smallest absolute Gasteiger partial charge is 0.119 e. The summed E-state index contributed by atoms with van der Waals surface area (Å²) in [7, 11) is 0. The van der Waals surface area contributed by atoms with Gasteiger partial charge in [0.05, 0.1) is 6.61 Å². The first kappa shape index (κ1) is 15.0. The number of rotatable bonds is 9. The summed E-state index contributed by atoms with van der Waals surface area (Å²) >= 11 is 0. The van der Waals surface area contributed by atoms with Crippen LogP contribution in [0, 0.1) is 0 Å². The van der Waals surface area contributed by atoms with Crippen molar-refractivity contribution in [2.24, 2.45) is 5.73 Å². The zero-order valence-electron chi connectivity index (χ0n) is 11.1. The molecule has 18 heavy (non-hydrogen) atoms. The molecule has 1 aromatic rings. The Morgan fingerprint density at radius 3 is 2.89 bits per heavy atom. The Hall–Kier alpha value is -1.10. The van der Waals surface area contributed by atoms with Crippen LogP contribution >= 0.6 is 0 Å². The number of aliphatic hydroxyl groups excluding tert-OH is 1. The second-order valence-electron chi connectivity index (χ2n) is 4.18. The van der Waals surface area contributed by atoms with Gasteiger partial charge in [-0.3, -0.25) is 0 Å². The fourth-order valence-electron chi connectivity index (χ4n) is 1.84. The SMILES string of the molecule is CCOc1cccc(C(CN)NCCCCO)c1. The Bertz CT molecular complexity index is 331. The van der Waals surface area contributed by atoms with Gasteiger partial charge in [-0.25, -0.2) is 0 Å². The summed E-state index contributed by atoms with van der Waals surface area (Å²) in [6.45, 7) is 4.30. The van der Waals surface area contributed by atoms with Gasteiger partial charge in [0.15, 0.2) is 0 Å². The number of aliphatic hydroxyl groups is 1. The molecule has 4 heteroatoms. The Morgan fingerprint density at radius 1 is 1.39 bits per heavy atom. The molecule has 0 saturated heterocycles. The van der Waals surface area contributed by atoms with Crippen LogP contribution in [0.25, 0.3) is 0 Å². The van der Waals surface area contributed by atoms with Gasteiger partial charge in [0.2, 0.25) is 0 Å². The highest BCUT2D eigenvalue weighted by Gasteiger charge is 2.09. The molecule has 1 rings (SSSR count). The summed E-state index contributed by atoms with van der Waals surface area (Å²) in [5, 5.41) is 12.1. The molecular formula is C14H24N2O2. The first-order chi connectivity index (χ1) is 8.81. The van der Waals surface area contributed by atoms with E-state index >= 15 is 0 Å². The monoisotopic (exact) mass is 252 g/mol. The molecule has 0 spiro atoms. The van der Waals surface area contributed by atoms with Crippen LogP contribution in [-0.2, 0) is 0 Å². The molecule has 0 saturated carbocycles. The van der Waals surface area contributed by atoms with Gasteiger partial charge >= 0.3 is 0 Å². The predicted octanol–water partition coefficient (Wildman–Crippen LogP) is 1.45. The molecule has 0 aliphatic carbocycles. The van der Waals surface area contributed by atoms with E-state index in [1.165, 1.54) is 0 Å². The lowest BCUT2D eigenvalue weighted by Crippen LogP contribution is -2.29. The van der Waals surface area contributed by atoms with Crippen LogP contribution in [0.4, 0.5) is 0 Å². The molecule has 0 bridgehead atoms. The van der Waals surface area contributed by atoms with Crippen LogP contribution in [0.5, 0.6) is 5.75 Å². The largest absolute Gasteiger partial charge is 0.494 e. The van der Waals surface area contributed by atoms with Crippen molar-refractivity contribution in [1.82, 2.24) is 5.32 Å². The maximum Gasteiger partial charge on any atom is 0.119 e. The number of nitrogens with one attached hydrogen (secondary N) is 1. The van der Waals surface area contributed by atoms with Crippen LogP contribution in [-0.4, -0.2) is 31.4 Å². The van der Waals surface area contributed by atoms with Crippen molar-refractivity contribution < 1.29 is 9.84 Å². The molecule has 4 N–H and O–H groups in total.